The summed E-state index contributed by atoms with van der Waals surface area (Å²) >= 11 is 0. The Bertz CT molecular complexity index is 677. The van der Waals surface area contributed by atoms with Crippen LogP contribution in [0.3, 0.4) is 0 Å². The second-order valence-corrected chi connectivity index (χ2v) is 8.30. The van der Waals surface area contributed by atoms with Gasteiger partial charge in [0.1, 0.15) is 35.2 Å². The summed E-state index contributed by atoms with van der Waals surface area (Å²) < 4.78 is 44.2. The number of carbonyl (C=O) groups excluding carboxylic acids is 1. The zero-order valence-electron chi connectivity index (χ0n) is 15.7. The van der Waals surface area contributed by atoms with Crippen molar-refractivity contribution in [2.75, 3.05) is 6.61 Å². The van der Waals surface area contributed by atoms with Crippen molar-refractivity contribution >= 4 is 6.09 Å². The van der Waals surface area contributed by atoms with Crippen LogP contribution in [0.25, 0.3) is 0 Å². The first-order chi connectivity index (χ1) is 12.0. The Balaban J connectivity index is 1.91. The first kappa shape index (κ1) is 19.0. The van der Waals surface area contributed by atoms with E-state index in [-0.39, 0.29) is 18.6 Å². The SMILES string of the molecule is CC(C)(C)OC(=O)N1[C@@H](Cc2cc(F)cc(F)c2)[C@H]([C@H]2CO2)OC1(C)C. The van der Waals surface area contributed by atoms with Gasteiger partial charge in [0, 0.05) is 6.07 Å². The van der Waals surface area contributed by atoms with Gasteiger partial charge in [-0.3, -0.25) is 4.90 Å². The maximum Gasteiger partial charge on any atom is 0.412 e. The fourth-order valence-corrected chi connectivity index (χ4v) is 3.43. The molecule has 2 aliphatic rings. The van der Waals surface area contributed by atoms with E-state index in [4.69, 9.17) is 14.2 Å². The summed E-state index contributed by atoms with van der Waals surface area (Å²) in [5, 5.41) is 0. The van der Waals surface area contributed by atoms with Gasteiger partial charge in [-0.25, -0.2) is 13.6 Å². The summed E-state index contributed by atoms with van der Waals surface area (Å²) in [4.78, 5) is 14.4. The maximum absolute atomic E-state index is 13.6. The van der Waals surface area contributed by atoms with Crippen molar-refractivity contribution in [3.8, 4) is 0 Å². The molecule has 2 saturated heterocycles. The van der Waals surface area contributed by atoms with Gasteiger partial charge in [0.15, 0.2) is 0 Å². The van der Waals surface area contributed by atoms with Crippen molar-refractivity contribution in [3.63, 3.8) is 0 Å². The minimum Gasteiger partial charge on any atom is -0.444 e. The Labute approximate surface area is 152 Å². The molecule has 0 saturated carbocycles. The van der Waals surface area contributed by atoms with Gasteiger partial charge in [-0.05, 0) is 58.7 Å². The molecule has 0 N–H and O–H groups in total. The average molecular weight is 369 g/mol. The molecule has 0 aliphatic carbocycles. The van der Waals surface area contributed by atoms with E-state index in [1.54, 1.807) is 34.6 Å². The highest BCUT2D eigenvalue weighted by molar-refractivity contribution is 5.70. The predicted octanol–water partition coefficient (Wildman–Crippen LogP) is 3.65. The molecule has 3 atom stereocenters. The standard InChI is InChI=1S/C19H25F2NO4/c1-18(2,3)26-17(23)22-14(8-11-6-12(20)9-13(21)7-11)16(15-10-24-15)25-19(22,4)5/h6-7,9,14-16H,8,10H2,1-5H3/t14-,15+,16+/m0/s1. The highest BCUT2D eigenvalue weighted by Gasteiger charge is 2.56. The third kappa shape index (κ3) is 4.15. The molecule has 26 heavy (non-hydrogen) atoms. The monoisotopic (exact) mass is 369 g/mol. The van der Waals surface area contributed by atoms with Crippen molar-refractivity contribution in [3.05, 3.63) is 35.4 Å². The fourth-order valence-electron chi connectivity index (χ4n) is 3.43. The predicted molar refractivity (Wildman–Crippen MR) is 90.6 cm³/mol. The topological polar surface area (TPSA) is 51.3 Å². The fraction of sp³-hybridized carbons (Fsp3) is 0.632. The van der Waals surface area contributed by atoms with E-state index in [1.807, 2.05) is 0 Å². The normalized spacial score (nSPS) is 27.5. The molecular formula is C19H25F2NO4. The molecule has 0 bridgehead atoms. The third-order valence-corrected chi connectivity index (χ3v) is 4.40. The second-order valence-electron chi connectivity index (χ2n) is 8.30. The number of amides is 1. The molecule has 1 amide bonds. The van der Waals surface area contributed by atoms with Crippen LogP contribution in [0.4, 0.5) is 13.6 Å². The molecule has 0 spiro atoms. The first-order valence-corrected chi connectivity index (χ1v) is 8.73. The van der Waals surface area contributed by atoms with Crippen molar-refractivity contribution in [1.29, 1.82) is 0 Å². The summed E-state index contributed by atoms with van der Waals surface area (Å²) in [5.74, 6) is -1.30. The molecule has 144 valence electrons. The van der Waals surface area contributed by atoms with Gasteiger partial charge in [-0.1, -0.05) is 0 Å². The van der Waals surface area contributed by atoms with Crippen LogP contribution in [0.1, 0.15) is 40.2 Å². The Hall–Kier alpha value is -1.73. The Kier molecular flexibility index (Phi) is 4.73. The molecule has 7 heteroatoms. The van der Waals surface area contributed by atoms with Gasteiger partial charge >= 0.3 is 6.09 Å². The number of ether oxygens (including phenoxy) is 3. The summed E-state index contributed by atoms with van der Waals surface area (Å²) in [6.07, 6.45) is -0.802. The lowest BCUT2D eigenvalue weighted by Gasteiger charge is -2.35. The lowest BCUT2D eigenvalue weighted by molar-refractivity contribution is -0.0825. The van der Waals surface area contributed by atoms with Crippen LogP contribution in [-0.2, 0) is 20.6 Å². The average Bonchev–Trinajstić information content (AvgIpc) is 3.21. The largest absolute Gasteiger partial charge is 0.444 e. The van der Waals surface area contributed by atoms with Crippen LogP contribution < -0.4 is 0 Å². The van der Waals surface area contributed by atoms with Crippen LogP contribution in [0.2, 0.25) is 0 Å². The zero-order chi connectivity index (χ0) is 19.3. The molecule has 2 fully saturated rings. The van der Waals surface area contributed by atoms with Crippen LogP contribution in [0.5, 0.6) is 0 Å². The molecule has 0 radical (unpaired) electrons. The van der Waals surface area contributed by atoms with E-state index in [1.165, 1.54) is 17.0 Å². The third-order valence-electron chi connectivity index (χ3n) is 4.40. The highest BCUT2D eigenvalue weighted by Crippen LogP contribution is 2.39. The van der Waals surface area contributed by atoms with E-state index in [9.17, 15) is 13.6 Å². The molecule has 2 heterocycles. The molecule has 2 aliphatic heterocycles. The van der Waals surface area contributed by atoms with Crippen molar-refractivity contribution in [1.82, 2.24) is 4.90 Å². The number of benzene rings is 1. The van der Waals surface area contributed by atoms with Gasteiger partial charge in [0.05, 0.1) is 12.6 Å². The van der Waals surface area contributed by atoms with Gasteiger partial charge in [-0.15, -0.1) is 0 Å². The minimum absolute atomic E-state index is 0.134. The lowest BCUT2D eigenvalue weighted by Crippen LogP contribution is -2.51. The number of epoxide rings is 1. The van der Waals surface area contributed by atoms with E-state index in [2.05, 4.69) is 0 Å². The highest BCUT2D eigenvalue weighted by atomic mass is 19.1. The zero-order valence-corrected chi connectivity index (χ0v) is 15.7. The van der Waals surface area contributed by atoms with E-state index in [0.29, 0.717) is 12.2 Å². The summed E-state index contributed by atoms with van der Waals surface area (Å²) in [5.41, 5.74) is -1.14. The number of rotatable bonds is 3. The Morgan fingerprint density at radius 3 is 2.35 bits per heavy atom. The van der Waals surface area contributed by atoms with Crippen molar-refractivity contribution in [2.24, 2.45) is 0 Å². The number of hydrogen-bond donors (Lipinski definition) is 0. The second kappa shape index (κ2) is 6.46. The number of halogens is 2. The Morgan fingerprint density at radius 1 is 1.27 bits per heavy atom. The quantitative estimate of drug-likeness (QED) is 0.764. The van der Waals surface area contributed by atoms with Crippen LogP contribution >= 0.6 is 0 Å². The molecule has 1 aromatic carbocycles. The maximum atomic E-state index is 13.6. The van der Waals surface area contributed by atoms with E-state index in [0.717, 1.165) is 6.07 Å². The Morgan fingerprint density at radius 2 is 1.85 bits per heavy atom. The number of hydrogen-bond acceptors (Lipinski definition) is 4. The molecule has 0 unspecified atom stereocenters. The van der Waals surface area contributed by atoms with Gasteiger partial charge < -0.3 is 14.2 Å². The molecular weight excluding hydrogens is 344 g/mol. The van der Waals surface area contributed by atoms with Crippen molar-refractivity contribution < 1.29 is 27.8 Å². The number of carbonyl (C=O) groups is 1. The van der Waals surface area contributed by atoms with Gasteiger partial charge in [0.2, 0.25) is 0 Å². The van der Waals surface area contributed by atoms with E-state index < -0.39 is 35.1 Å². The van der Waals surface area contributed by atoms with Gasteiger partial charge in [-0.2, -0.15) is 0 Å². The van der Waals surface area contributed by atoms with Crippen LogP contribution in [-0.4, -0.2) is 47.2 Å². The summed E-state index contributed by atoms with van der Waals surface area (Å²) in [7, 11) is 0. The van der Waals surface area contributed by atoms with Crippen LogP contribution in [0.15, 0.2) is 18.2 Å². The smallest absolute Gasteiger partial charge is 0.412 e. The van der Waals surface area contributed by atoms with Crippen molar-refractivity contribution in [2.45, 2.75) is 70.6 Å². The summed E-state index contributed by atoms with van der Waals surface area (Å²) in [6, 6.07) is 2.92. The van der Waals surface area contributed by atoms with Crippen LogP contribution in [0, 0.1) is 11.6 Å². The van der Waals surface area contributed by atoms with Gasteiger partial charge in [0.25, 0.3) is 0 Å². The van der Waals surface area contributed by atoms with E-state index >= 15 is 0 Å². The molecule has 0 aromatic heterocycles. The number of nitrogens with zero attached hydrogens (tertiary/aromatic N) is 1. The summed E-state index contributed by atoms with van der Waals surface area (Å²) in [6.45, 7) is 9.45. The lowest BCUT2D eigenvalue weighted by atomic mass is 9.98. The minimum atomic E-state index is -0.921. The molecule has 5 nitrogen and oxygen atoms in total. The first-order valence-electron chi connectivity index (χ1n) is 8.73. The molecule has 1 aromatic rings. The molecule has 3 rings (SSSR count).